The van der Waals surface area contributed by atoms with E-state index < -0.39 is 0 Å². The molecular weight excluding hydrogens is 340 g/mol. The summed E-state index contributed by atoms with van der Waals surface area (Å²) in [5.74, 6) is 0.951. The number of hydrogen-bond acceptors (Lipinski definition) is 5. The van der Waals surface area contributed by atoms with Crippen LogP contribution in [-0.2, 0) is 0 Å². The van der Waals surface area contributed by atoms with E-state index in [0.29, 0.717) is 6.04 Å². The van der Waals surface area contributed by atoms with Gasteiger partial charge in [0.15, 0.2) is 0 Å². The molecule has 0 radical (unpaired) electrons. The lowest BCUT2D eigenvalue weighted by molar-refractivity contribution is 0.170. The Morgan fingerprint density at radius 3 is 2.42 bits per heavy atom. The molecule has 4 nitrogen and oxygen atoms in total. The Labute approximate surface area is 159 Å². The third-order valence-electron chi connectivity index (χ3n) is 4.92. The molecule has 0 amide bonds. The highest BCUT2D eigenvalue weighted by molar-refractivity contribution is 7.21. The van der Waals surface area contributed by atoms with Crippen LogP contribution in [0.15, 0.2) is 42.7 Å². The van der Waals surface area contributed by atoms with Crippen LogP contribution in [0, 0.1) is 0 Å². The Hall–Kier alpha value is -1.98. The molecular formula is C21H26N4S. The van der Waals surface area contributed by atoms with E-state index >= 15 is 0 Å². The summed E-state index contributed by atoms with van der Waals surface area (Å²) in [4.78, 5) is 11.3. The predicted molar refractivity (Wildman–Crippen MR) is 111 cm³/mol. The summed E-state index contributed by atoms with van der Waals surface area (Å²) in [6.45, 7) is 9.10. The molecule has 1 saturated heterocycles. The van der Waals surface area contributed by atoms with Gasteiger partial charge in [-0.1, -0.05) is 30.3 Å². The molecule has 4 rings (SSSR count). The smallest absolute Gasteiger partial charge is 0.138 e. The Balaban J connectivity index is 1.66. The fourth-order valence-corrected chi connectivity index (χ4v) is 5.34. The summed E-state index contributed by atoms with van der Waals surface area (Å²) in [7, 11) is 0. The highest BCUT2D eigenvalue weighted by Gasteiger charge is 2.37. The molecule has 3 aromatic rings. The van der Waals surface area contributed by atoms with Crippen molar-refractivity contribution >= 4 is 27.4 Å². The monoisotopic (exact) mass is 366 g/mol. The summed E-state index contributed by atoms with van der Waals surface area (Å²) in [5.41, 5.74) is 1.44. The number of thiophene rings is 1. The molecule has 0 unspecified atom stereocenters. The molecule has 2 aromatic heterocycles. The van der Waals surface area contributed by atoms with Crippen molar-refractivity contribution in [2.24, 2.45) is 0 Å². The average molecular weight is 367 g/mol. The van der Waals surface area contributed by atoms with E-state index in [1.54, 1.807) is 17.7 Å². The molecule has 0 atom stereocenters. The highest BCUT2D eigenvalue weighted by Crippen LogP contribution is 2.36. The largest absolute Gasteiger partial charge is 0.367 e. The van der Waals surface area contributed by atoms with Crippen LogP contribution in [0.2, 0.25) is 0 Å². The third-order valence-corrected chi connectivity index (χ3v) is 6.01. The van der Waals surface area contributed by atoms with Crippen LogP contribution in [0.4, 0.5) is 5.82 Å². The quantitative estimate of drug-likeness (QED) is 0.679. The summed E-state index contributed by atoms with van der Waals surface area (Å²) in [6, 6.07) is 13.1. The van der Waals surface area contributed by atoms with E-state index in [-0.39, 0.29) is 11.1 Å². The standard InChI is InChI=1S/C21H26N4S/c1-20(2)11-15(12-21(3,4)25-20)24-18-16-10-17(14-8-6-5-7-9-14)26-19(16)23-13-22-18/h5-10,13,15,25H,11-12H2,1-4H3,(H,22,23,24). The lowest BCUT2D eigenvalue weighted by atomic mass is 9.79. The van der Waals surface area contributed by atoms with Crippen molar-refractivity contribution in [2.75, 3.05) is 5.32 Å². The van der Waals surface area contributed by atoms with E-state index in [0.717, 1.165) is 28.9 Å². The maximum Gasteiger partial charge on any atom is 0.138 e. The minimum Gasteiger partial charge on any atom is -0.367 e. The predicted octanol–water partition coefficient (Wildman–Crippen LogP) is 5.08. The van der Waals surface area contributed by atoms with Gasteiger partial charge >= 0.3 is 0 Å². The minimum absolute atomic E-state index is 0.107. The molecule has 1 aromatic carbocycles. The van der Waals surface area contributed by atoms with Crippen molar-refractivity contribution in [3.05, 3.63) is 42.7 Å². The van der Waals surface area contributed by atoms with Crippen LogP contribution in [0.5, 0.6) is 0 Å². The number of piperidine rings is 1. The number of nitrogens with zero attached hydrogens (tertiary/aromatic N) is 2. The fraction of sp³-hybridized carbons (Fsp3) is 0.429. The fourth-order valence-electron chi connectivity index (χ4n) is 4.33. The van der Waals surface area contributed by atoms with Gasteiger partial charge in [-0.05, 0) is 52.2 Å². The van der Waals surface area contributed by atoms with E-state index in [4.69, 9.17) is 0 Å². The molecule has 2 N–H and O–H groups in total. The number of nitrogens with one attached hydrogen (secondary N) is 2. The first-order valence-corrected chi connectivity index (χ1v) is 9.99. The first-order chi connectivity index (χ1) is 12.3. The number of fused-ring (bicyclic) bond motifs is 1. The van der Waals surface area contributed by atoms with Crippen molar-refractivity contribution < 1.29 is 0 Å². The molecule has 136 valence electrons. The van der Waals surface area contributed by atoms with Gasteiger partial charge < -0.3 is 10.6 Å². The number of rotatable bonds is 3. The van der Waals surface area contributed by atoms with Crippen LogP contribution in [-0.4, -0.2) is 27.1 Å². The van der Waals surface area contributed by atoms with Gasteiger partial charge in [-0.15, -0.1) is 11.3 Å². The zero-order chi connectivity index (χ0) is 18.4. The Bertz CT molecular complexity index is 898. The number of benzene rings is 1. The molecule has 0 spiro atoms. The van der Waals surface area contributed by atoms with Crippen molar-refractivity contribution in [1.29, 1.82) is 0 Å². The van der Waals surface area contributed by atoms with Crippen molar-refractivity contribution in [3.8, 4) is 10.4 Å². The van der Waals surface area contributed by atoms with Crippen LogP contribution >= 0.6 is 11.3 Å². The van der Waals surface area contributed by atoms with Gasteiger partial charge in [-0.25, -0.2) is 9.97 Å². The zero-order valence-corrected chi connectivity index (χ0v) is 16.7. The molecule has 1 aliphatic rings. The number of aromatic nitrogens is 2. The molecule has 3 heterocycles. The minimum atomic E-state index is 0.107. The van der Waals surface area contributed by atoms with Crippen molar-refractivity contribution in [1.82, 2.24) is 15.3 Å². The summed E-state index contributed by atoms with van der Waals surface area (Å²) in [6.07, 6.45) is 3.81. The van der Waals surface area contributed by atoms with Crippen molar-refractivity contribution in [3.63, 3.8) is 0 Å². The van der Waals surface area contributed by atoms with Crippen LogP contribution in [0.3, 0.4) is 0 Å². The maximum atomic E-state index is 4.57. The van der Waals surface area contributed by atoms with Gasteiger partial charge in [-0.2, -0.15) is 0 Å². The van der Waals surface area contributed by atoms with E-state index in [9.17, 15) is 0 Å². The Kier molecular flexibility index (Phi) is 4.24. The van der Waals surface area contributed by atoms with Gasteiger partial charge in [0.2, 0.25) is 0 Å². The van der Waals surface area contributed by atoms with Crippen molar-refractivity contribution in [2.45, 2.75) is 57.7 Å². The zero-order valence-electron chi connectivity index (χ0n) is 15.8. The molecule has 26 heavy (non-hydrogen) atoms. The second-order valence-electron chi connectivity index (χ2n) is 8.56. The number of hydrogen-bond donors (Lipinski definition) is 2. The van der Waals surface area contributed by atoms with Crippen LogP contribution < -0.4 is 10.6 Å². The second-order valence-corrected chi connectivity index (χ2v) is 9.59. The van der Waals surface area contributed by atoms with E-state index in [1.807, 2.05) is 6.07 Å². The van der Waals surface area contributed by atoms with Crippen LogP contribution in [0.25, 0.3) is 20.7 Å². The van der Waals surface area contributed by atoms with Gasteiger partial charge in [-0.3, -0.25) is 0 Å². The number of anilines is 1. The molecule has 5 heteroatoms. The third kappa shape index (κ3) is 3.60. The molecule has 1 fully saturated rings. The van der Waals surface area contributed by atoms with Gasteiger partial charge in [0.05, 0.1) is 5.39 Å². The van der Waals surface area contributed by atoms with Gasteiger partial charge in [0, 0.05) is 22.0 Å². The first kappa shape index (κ1) is 17.4. The topological polar surface area (TPSA) is 49.8 Å². The van der Waals surface area contributed by atoms with Gasteiger partial charge in [0.1, 0.15) is 17.0 Å². The molecule has 0 aliphatic carbocycles. The lowest BCUT2D eigenvalue weighted by Gasteiger charge is -2.46. The highest BCUT2D eigenvalue weighted by atomic mass is 32.1. The molecule has 0 bridgehead atoms. The lowest BCUT2D eigenvalue weighted by Crippen LogP contribution is -2.60. The SMILES string of the molecule is CC1(C)CC(Nc2ncnc3sc(-c4ccccc4)cc23)CC(C)(C)N1. The summed E-state index contributed by atoms with van der Waals surface area (Å²) < 4.78 is 0. The average Bonchev–Trinajstić information content (AvgIpc) is 2.98. The Morgan fingerprint density at radius 1 is 1.04 bits per heavy atom. The van der Waals surface area contributed by atoms with Crippen LogP contribution in [0.1, 0.15) is 40.5 Å². The normalized spacial score (nSPS) is 19.5. The van der Waals surface area contributed by atoms with Gasteiger partial charge in [0.25, 0.3) is 0 Å². The summed E-state index contributed by atoms with van der Waals surface area (Å²) >= 11 is 1.72. The first-order valence-electron chi connectivity index (χ1n) is 9.17. The van der Waals surface area contributed by atoms with E-state index in [1.165, 1.54) is 10.4 Å². The molecule has 1 aliphatic heterocycles. The molecule has 0 saturated carbocycles. The maximum absolute atomic E-state index is 4.57. The summed E-state index contributed by atoms with van der Waals surface area (Å²) in [5, 5.41) is 8.57. The Morgan fingerprint density at radius 2 is 1.73 bits per heavy atom. The second kappa shape index (κ2) is 6.32. The van der Waals surface area contributed by atoms with E-state index in [2.05, 4.69) is 78.6 Å².